The number of aromatic nitrogens is 2. The van der Waals surface area contributed by atoms with Crippen LogP contribution in [0, 0.1) is 11.8 Å². The summed E-state index contributed by atoms with van der Waals surface area (Å²) in [5.41, 5.74) is -0.560. The Labute approximate surface area is 314 Å². The maximum Gasteiger partial charge on any atom is 0.179 e. The van der Waals surface area contributed by atoms with E-state index < -0.39 is 17.1 Å². The van der Waals surface area contributed by atoms with E-state index in [4.69, 9.17) is 81.3 Å². The zero-order chi connectivity index (χ0) is 36.0. The summed E-state index contributed by atoms with van der Waals surface area (Å²) in [6, 6.07) is 10.3. The highest BCUT2D eigenvalue weighted by Gasteiger charge is 2.58. The van der Waals surface area contributed by atoms with Crippen molar-refractivity contribution in [1.82, 2.24) is 10.3 Å². The van der Waals surface area contributed by atoms with Crippen LogP contribution in [-0.2, 0) is 38.0 Å². The van der Waals surface area contributed by atoms with Gasteiger partial charge in [0.2, 0.25) is 0 Å². The summed E-state index contributed by atoms with van der Waals surface area (Å²) in [6.07, 6.45) is 3.93. The zero-order valence-corrected chi connectivity index (χ0v) is 31.7. The largest absolute Gasteiger partial charge is 0.373 e. The molecule has 2 saturated carbocycles. The molecule has 2 aromatic heterocycles. The van der Waals surface area contributed by atoms with E-state index in [1.807, 2.05) is 0 Å². The van der Waals surface area contributed by atoms with Crippen molar-refractivity contribution in [2.45, 2.75) is 89.1 Å². The van der Waals surface area contributed by atoms with Gasteiger partial charge < -0.3 is 23.3 Å². The Morgan fingerprint density at radius 3 is 1.58 bits per heavy atom. The van der Waals surface area contributed by atoms with Gasteiger partial charge in [-0.2, -0.15) is 0 Å². The van der Waals surface area contributed by atoms with Crippen molar-refractivity contribution in [3.05, 3.63) is 79.1 Å². The van der Waals surface area contributed by atoms with E-state index in [9.17, 15) is 8.78 Å². The summed E-state index contributed by atoms with van der Waals surface area (Å²) in [4.78, 5) is 0. The average molecular weight is 793 g/mol. The van der Waals surface area contributed by atoms with Gasteiger partial charge in [0.15, 0.2) is 28.6 Å². The summed E-state index contributed by atoms with van der Waals surface area (Å²) in [6.45, 7) is 7.12. The first-order valence-corrected chi connectivity index (χ1v) is 18.4. The van der Waals surface area contributed by atoms with Crippen LogP contribution in [0.1, 0.15) is 76.0 Å². The molecule has 2 aromatic carbocycles. The number of hydrogen-bond acceptors (Lipinski definition) is 7. The van der Waals surface area contributed by atoms with Crippen LogP contribution >= 0.6 is 58.0 Å². The molecule has 0 radical (unpaired) electrons. The van der Waals surface area contributed by atoms with Gasteiger partial charge in [-0.25, -0.2) is 8.78 Å². The summed E-state index contributed by atoms with van der Waals surface area (Å²) in [7, 11) is 0. The summed E-state index contributed by atoms with van der Waals surface area (Å²) in [5.74, 6) is 0.527. The van der Waals surface area contributed by atoms with E-state index >= 15 is 0 Å². The van der Waals surface area contributed by atoms with Crippen molar-refractivity contribution in [3.63, 3.8) is 0 Å². The predicted octanol–water partition coefficient (Wildman–Crippen LogP) is 11.9. The second-order valence-electron chi connectivity index (χ2n) is 13.7. The Kier molecular flexibility index (Phi) is 11.2. The summed E-state index contributed by atoms with van der Waals surface area (Å²) in [5, 5.41) is 9.69. The maximum absolute atomic E-state index is 14.9. The molecule has 0 amide bonds. The van der Waals surface area contributed by atoms with Gasteiger partial charge in [0.05, 0.1) is 57.5 Å². The molecule has 4 aromatic rings. The molecule has 1 spiro atoms. The predicted molar refractivity (Wildman–Crippen MR) is 190 cm³/mol. The number of benzene rings is 2. The summed E-state index contributed by atoms with van der Waals surface area (Å²) < 4.78 is 57.9. The highest BCUT2D eigenvalue weighted by molar-refractivity contribution is 6.39. The molecule has 3 atom stereocenters. The Bertz CT molecular complexity index is 1770. The van der Waals surface area contributed by atoms with Crippen LogP contribution in [0.5, 0.6) is 0 Å². The van der Waals surface area contributed by atoms with Crippen molar-refractivity contribution in [3.8, 4) is 22.5 Å². The molecular weight excluding hydrogens is 756 g/mol. The lowest BCUT2D eigenvalue weighted by atomic mass is 9.81. The Morgan fingerprint density at radius 1 is 0.740 bits per heavy atom. The van der Waals surface area contributed by atoms with E-state index in [0.29, 0.717) is 78.8 Å². The molecule has 14 heteroatoms. The van der Waals surface area contributed by atoms with E-state index in [1.165, 1.54) is 27.7 Å². The van der Waals surface area contributed by atoms with Gasteiger partial charge in [0, 0.05) is 28.5 Å². The van der Waals surface area contributed by atoms with Gasteiger partial charge in [-0.1, -0.05) is 68.8 Å². The molecule has 1 aliphatic heterocycles. The van der Waals surface area contributed by atoms with Crippen LogP contribution in [0.25, 0.3) is 22.5 Å². The topological polar surface area (TPSA) is 79.8 Å². The normalized spacial score (nSPS) is 21.5. The Balaban J connectivity index is 0.000000195. The molecule has 7 nitrogen and oxygen atoms in total. The molecule has 3 heterocycles. The van der Waals surface area contributed by atoms with Crippen molar-refractivity contribution in [2.24, 2.45) is 11.8 Å². The highest BCUT2D eigenvalue weighted by atomic mass is 35.5. The number of ether oxygens (including phenoxy) is 3. The highest BCUT2D eigenvalue weighted by Crippen LogP contribution is 2.55. The van der Waals surface area contributed by atoms with Crippen LogP contribution in [0.15, 0.2) is 45.4 Å². The van der Waals surface area contributed by atoms with Crippen molar-refractivity contribution >= 4 is 58.0 Å². The molecule has 7 rings (SSSR count). The van der Waals surface area contributed by atoms with E-state index in [0.717, 1.165) is 25.7 Å². The quantitative estimate of drug-likeness (QED) is 0.164. The second-order valence-corrected chi connectivity index (χ2v) is 15.6. The van der Waals surface area contributed by atoms with Crippen molar-refractivity contribution < 1.29 is 32.0 Å². The molecule has 0 N–H and O–H groups in total. The van der Waals surface area contributed by atoms with Crippen LogP contribution in [0.2, 0.25) is 20.1 Å². The second kappa shape index (κ2) is 14.8. The SMILES string of the molecule is CC(C)(F)c1onc(-c2c(Cl)cccc2Cl)c1CCl.CC(C)(F)c1onc(-c2c(Cl)cccc2Cl)c1COC1C[C@H]2CC[C@@H](C1)C21OCCO1. The monoisotopic (exact) mass is 790 g/mol. The van der Waals surface area contributed by atoms with Gasteiger partial charge in [0.1, 0.15) is 11.4 Å². The Hall–Kier alpha value is -1.95. The van der Waals surface area contributed by atoms with E-state index in [2.05, 4.69) is 10.3 Å². The number of halogens is 7. The van der Waals surface area contributed by atoms with Crippen molar-refractivity contribution in [1.29, 1.82) is 0 Å². The van der Waals surface area contributed by atoms with Crippen LogP contribution < -0.4 is 0 Å². The lowest BCUT2D eigenvalue weighted by molar-refractivity contribution is -0.238. The molecule has 270 valence electrons. The fraction of sp³-hybridized carbons (Fsp3) is 0.500. The first-order chi connectivity index (χ1) is 23.7. The molecule has 3 aliphatic rings. The maximum atomic E-state index is 14.9. The first-order valence-electron chi connectivity index (χ1n) is 16.4. The minimum atomic E-state index is -1.72. The molecular formula is C36H37Cl5F2N2O5. The number of nitrogens with zero attached hydrogens (tertiary/aromatic N) is 2. The fourth-order valence-electron chi connectivity index (χ4n) is 7.34. The van der Waals surface area contributed by atoms with E-state index in [-0.39, 0.29) is 30.1 Å². The molecule has 2 bridgehead atoms. The van der Waals surface area contributed by atoms with Gasteiger partial charge in [0.25, 0.3) is 0 Å². The van der Waals surface area contributed by atoms with Gasteiger partial charge in [-0.3, -0.25) is 0 Å². The van der Waals surface area contributed by atoms with Crippen molar-refractivity contribution in [2.75, 3.05) is 13.2 Å². The molecule has 2 aliphatic carbocycles. The van der Waals surface area contributed by atoms with Gasteiger partial charge >= 0.3 is 0 Å². The first kappa shape index (κ1) is 37.8. The van der Waals surface area contributed by atoms with Crippen LogP contribution in [0.3, 0.4) is 0 Å². The smallest absolute Gasteiger partial charge is 0.179 e. The Morgan fingerprint density at radius 2 is 1.16 bits per heavy atom. The molecule has 1 unspecified atom stereocenters. The van der Waals surface area contributed by atoms with Crippen LogP contribution in [0.4, 0.5) is 8.78 Å². The minimum absolute atomic E-state index is 0.0379. The number of alkyl halides is 3. The molecule has 3 fully saturated rings. The third kappa shape index (κ3) is 7.31. The van der Waals surface area contributed by atoms with E-state index in [1.54, 1.807) is 36.4 Å². The number of hydrogen-bond donors (Lipinski definition) is 0. The lowest BCUT2D eigenvalue weighted by Gasteiger charge is -2.41. The lowest BCUT2D eigenvalue weighted by Crippen LogP contribution is -2.47. The molecule has 1 saturated heterocycles. The van der Waals surface area contributed by atoms with Gasteiger partial charge in [-0.05, 0) is 77.6 Å². The van der Waals surface area contributed by atoms with Crippen LogP contribution in [-0.4, -0.2) is 35.4 Å². The number of rotatable bonds is 8. The zero-order valence-electron chi connectivity index (χ0n) is 27.9. The van der Waals surface area contributed by atoms with Gasteiger partial charge in [-0.15, -0.1) is 11.6 Å². The third-order valence-electron chi connectivity index (χ3n) is 9.49. The fourth-order valence-corrected chi connectivity index (χ4v) is 8.74. The summed E-state index contributed by atoms with van der Waals surface area (Å²) >= 11 is 30.9. The molecule has 50 heavy (non-hydrogen) atoms. The third-order valence-corrected chi connectivity index (χ3v) is 11.0. The standard InChI is InChI=1S/C23H26Cl2FNO4.C13H11Cl3FNO/c1-22(2,26)21-16(20(27-31-21)19-17(24)4-3-5-18(19)25)12-28-15-10-13-6-7-14(11-15)23(13)29-8-9-30-23;1-13(2,17)12-7(6-14)11(18-19-12)10-8(15)4-3-5-9(10)16/h3-5,13-15H,6-12H2,1-2H3;3-5H,6H2,1-2H3/t13-,14+,15?;. The minimum Gasteiger partial charge on any atom is -0.373 e. The average Bonchev–Trinajstić information content (AvgIpc) is 3.82.